The Kier molecular flexibility index (Phi) is 5.37. The number of benzene rings is 2. The van der Waals surface area contributed by atoms with E-state index in [1.807, 2.05) is 0 Å². The number of pyridine rings is 1. The molecule has 0 saturated heterocycles. The zero-order valence-electron chi connectivity index (χ0n) is 17.0. The minimum Gasteiger partial charge on any atom is -0.343 e. The summed E-state index contributed by atoms with van der Waals surface area (Å²) in [6, 6.07) is 5.73. The second-order valence-electron chi connectivity index (χ2n) is 7.35. The van der Waals surface area contributed by atoms with E-state index in [0.29, 0.717) is 16.9 Å². The van der Waals surface area contributed by atoms with Crippen LogP contribution in [0.15, 0.2) is 60.0 Å². The van der Waals surface area contributed by atoms with Crippen LogP contribution in [0.25, 0.3) is 33.5 Å². The van der Waals surface area contributed by atoms with Gasteiger partial charge in [-0.05, 0) is 18.2 Å². The van der Waals surface area contributed by atoms with Crippen molar-refractivity contribution in [2.45, 2.75) is 10.6 Å². The molecule has 3 aromatic heterocycles. The summed E-state index contributed by atoms with van der Waals surface area (Å²) in [4.78, 5) is 10.5. The van der Waals surface area contributed by atoms with Crippen LogP contribution < -0.4 is 0 Å². The van der Waals surface area contributed by atoms with Crippen molar-refractivity contribution in [3.63, 3.8) is 0 Å². The monoisotopic (exact) mass is 503 g/mol. The van der Waals surface area contributed by atoms with Gasteiger partial charge in [0.15, 0.2) is 21.5 Å². The van der Waals surface area contributed by atoms with Gasteiger partial charge in [0.1, 0.15) is 22.8 Å². The molecule has 0 radical (unpaired) electrons. The molecule has 0 amide bonds. The molecule has 5 aromatic rings. The predicted octanol–water partition coefficient (Wildman–Crippen LogP) is 5.06. The second-order valence-corrected chi connectivity index (χ2v) is 9.78. The van der Waals surface area contributed by atoms with Gasteiger partial charge in [0, 0.05) is 41.3 Å². The van der Waals surface area contributed by atoms with Crippen LogP contribution in [0.3, 0.4) is 0 Å². The van der Waals surface area contributed by atoms with Crippen LogP contribution in [0.2, 0.25) is 5.02 Å². The topological polar surface area (TPSA) is 104 Å². The highest BCUT2D eigenvalue weighted by Gasteiger charge is 2.25. The molecule has 0 bridgehead atoms. The average molecular weight is 504 g/mol. The number of aromatic nitrogens is 5. The number of nitrogens with one attached hydrogen (secondary N) is 2. The number of halogens is 4. The zero-order valence-corrected chi connectivity index (χ0v) is 18.6. The van der Waals surface area contributed by atoms with Crippen molar-refractivity contribution in [1.82, 2.24) is 25.1 Å². The van der Waals surface area contributed by atoms with E-state index in [9.17, 15) is 12.8 Å². The Labute approximate surface area is 195 Å². The number of hydrogen-bond acceptors (Lipinski definition) is 5. The van der Waals surface area contributed by atoms with Crippen molar-refractivity contribution in [3.05, 3.63) is 83.2 Å². The molecular weight excluding hydrogens is 491 g/mol. The normalized spacial score (nSPS) is 11.9. The Bertz CT molecular complexity index is 1650. The van der Waals surface area contributed by atoms with Crippen LogP contribution in [0.1, 0.15) is 5.56 Å². The van der Waals surface area contributed by atoms with Gasteiger partial charge in [0.25, 0.3) is 0 Å². The first-order chi connectivity index (χ1) is 16.3. The first kappa shape index (κ1) is 22.1. The highest BCUT2D eigenvalue weighted by atomic mass is 35.5. The van der Waals surface area contributed by atoms with Crippen molar-refractivity contribution in [2.24, 2.45) is 0 Å². The third-order valence-electron chi connectivity index (χ3n) is 5.22. The molecule has 0 aliphatic rings. The Morgan fingerprint density at radius 1 is 1.03 bits per heavy atom. The van der Waals surface area contributed by atoms with E-state index in [0.717, 1.165) is 18.3 Å². The fraction of sp³-hybridized carbons (Fsp3) is 0.0455. The molecule has 0 aliphatic carbocycles. The van der Waals surface area contributed by atoms with Crippen molar-refractivity contribution >= 4 is 32.3 Å². The van der Waals surface area contributed by atoms with E-state index in [-0.39, 0.29) is 21.0 Å². The lowest BCUT2D eigenvalue weighted by molar-refractivity contribution is 0.570. The number of rotatable bonds is 5. The van der Waals surface area contributed by atoms with Crippen molar-refractivity contribution in [1.29, 1.82) is 0 Å². The summed E-state index contributed by atoms with van der Waals surface area (Å²) in [5.74, 6) is -3.61. The summed E-state index contributed by atoms with van der Waals surface area (Å²) in [7, 11) is -4.07. The highest BCUT2D eigenvalue weighted by molar-refractivity contribution is 7.90. The van der Waals surface area contributed by atoms with Gasteiger partial charge in [-0.1, -0.05) is 23.7 Å². The SMILES string of the molecule is O=S(=O)(Cc1ccc(F)c(-c2ccc3c(-c4ncc[nH]4)[nH]nc3c2F)c1F)c1cncc(Cl)c1. The van der Waals surface area contributed by atoms with Gasteiger partial charge >= 0.3 is 0 Å². The summed E-state index contributed by atoms with van der Waals surface area (Å²) in [5.41, 5.74) is -1.18. The first-order valence-electron chi connectivity index (χ1n) is 9.73. The molecule has 34 heavy (non-hydrogen) atoms. The molecule has 7 nitrogen and oxygen atoms in total. The van der Waals surface area contributed by atoms with Gasteiger partial charge in [-0.25, -0.2) is 26.6 Å². The summed E-state index contributed by atoms with van der Waals surface area (Å²) in [6.45, 7) is 0. The van der Waals surface area contributed by atoms with Crippen LogP contribution >= 0.6 is 11.6 Å². The van der Waals surface area contributed by atoms with Crippen LogP contribution in [0.4, 0.5) is 13.2 Å². The number of H-pyrrole nitrogens is 2. The van der Waals surface area contributed by atoms with Gasteiger partial charge in [-0.2, -0.15) is 5.10 Å². The van der Waals surface area contributed by atoms with Gasteiger partial charge in [-0.15, -0.1) is 0 Å². The minimum atomic E-state index is -4.07. The molecular formula is C22H13ClF3N5O2S. The Balaban J connectivity index is 1.60. The number of sulfone groups is 1. The summed E-state index contributed by atoms with van der Waals surface area (Å²) >= 11 is 5.80. The summed E-state index contributed by atoms with van der Waals surface area (Å²) in [5, 5.41) is 7.03. The van der Waals surface area contributed by atoms with Crippen LogP contribution in [0.5, 0.6) is 0 Å². The Morgan fingerprint density at radius 3 is 2.59 bits per heavy atom. The zero-order chi connectivity index (χ0) is 24.0. The molecule has 172 valence electrons. The third-order valence-corrected chi connectivity index (χ3v) is 7.06. The molecule has 0 saturated carbocycles. The molecule has 0 unspecified atom stereocenters. The molecule has 0 spiro atoms. The molecule has 3 heterocycles. The minimum absolute atomic E-state index is 0.0876. The maximum absolute atomic E-state index is 15.4. The number of nitrogens with zero attached hydrogens (tertiary/aromatic N) is 3. The van der Waals surface area contributed by atoms with E-state index in [1.54, 1.807) is 6.20 Å². The average Bonchev–Trinajstić information content (AvgIpc) is 3.47. The fourth-order valence-electron chi connectivity index (χ4n) is 3.63. The molecule has 2 N–H and O–H groups in total. The van der Waals surface area contributed by atoms with E-state index in [4.69, 9.17) is 11.6 Å². The molecule has 5 rings (SSSR count). The molecule has 2 aromatic carbocycles. The van der Waals surface area contributed by atoms with E-state index >= 15 is 8.78 Å². The maximum atomic E-state index is 15.4. The van der Waals surface area contributed by atoms with Crippen LogP contribution in [-0.4, -0.2) is 33.6 Å². The van der Waals surface area contributed by atoms with Gasteiger partial charge in [0.05, 0.1) is 21.2 Å². The lowest BCUT2D eigenvalue weighted by atomic mass is 9.99. The highest BCUT2D eigenvalue weighted by Crippen LogP contribution is 2.36. The molecule has 12 heteroatoms. The van der Waals surface area contributed by atoms with Gasteiger partial charge in [-0.3, -0.25) is 10.1 Å². The number of imidazole rings is 1. The molecule has 0 atom stereocenters. The Hall–Kier alpha value is -3.70. The van der Waals surface area contributed by atoms with Crippen molar-refractivity contribution in [2.75, 3.05) is 0 Å². The largest absolute Gasteiger partial charge is 0.343 e. The van der Waals surface area contributed by atoms with E-state index < -0.39 is 44.2 Å². The first-order valence-corrected chi connectivity index (χ1v) is 11.8. The Morgan fingerprint density at radius 2 is 1.85 bits per heavy atom. The smallest absolute Gasteiger partial charge is 0.184 e. The van der Waals surface area contributed by atoms with Crippen LogP contribution in [0, 0.1) is 17.5 Å². The van der Waals surface area contributed by atoms with E-state index in [1.165, 1.54) is 30.6 Å². The van der Waals surface area contributed by atoms with Gasteiger partial charge < -0.3 is 4.98 Å². The van der Waals surface area contributed by atoms with E-state index in [2.05, 4.69) is 25.1 Å². The predicted molar refractivity (Wildman–Crippen MR) is 119 cm³/mol. The fourth-order valence-corrected chi connectivity index (χ4v) is 5.19. The number of hydrogen-bond donors (Lipinski definition) is 2. The molecule has 0 aliphatic heterocycles. The third kappa shape index (κ3) is 3.72. The quantitative estimate of drug-likeness (QED) is 0.349. The number of aromatic amines is 2. The molecule has 0 fully saturated rings. The van der Waals surface area contributed by atoms with Crippen molar-refractivity contribution < 1.29 is 21.6 Å². The summed E-state index contributed by atoms with van der Waals surface area (Å²) < 4.78 is 70.9. The van der Waals surface area contributed by atoms with Crippen molar-refractivity contribution in [3.8, 4) is 22.6 Å². The summed E-state index contributed by atoms with van der Waals surface area (Å²) in [6.07, 6.45) is 5.42. The standard InChI is InChI=1S/C22H13ClF3N5O2S/c23-12-7-13(9-27-8-12)34(32,33)10-11-1-4-16(24)17(18(11)25)14-2-3-15-20(19(14)26)30-31-21(15)22-28-5-6-29-22/h1-9H,10H2,(H,28,29)(H,30,31). The second kappa shape index (κ2) is 8.26. The lowest BCUT2D eigenvalue weighted by Crippen LogP contribution is -2.08. The van der Waals surface area contributed by atoms with Crippen LogP contribution in [-0.2, 0) is 15.6 Å². The maximum Gasteiger partial charge on any atom is 0.184 e. The van der Waals surface area contributed by atoms with Gasteiger partial charge in [0.2, 0.25) is 0 Å². The number of fused-ring (bicyclic) bond motifs is 1. The lowest BCUT2D eigenvalue weighted by Gasteiger charge is -2.12.